The number of nitrogens with one attached hydrogen (secondary N) is 2. The third kappa shape index (κ3) is 2.70. The van der Waals surface area contributed by atoms with Gasteiger partial charge in [-0.1, -0.05) is 19.1 Å². The Hall–Kier alpha value is -3.34. The van der Waals surface area contributed by atoms with Crippen LogP contribution in [-0.4, -0.2) is 21.0 Å². The van der Waals surface area contributed by atoms with Crippen molar-refractivity contribution >= 4 is 33.4 Å². The fourth-order valence-corrected chi connectivity index (χ4v) is 2.94. The first kappa shape index (κ1) is 15.2. The van der Waals surface area contributed by atoms with Gasteiger partial charge in [0.15, 0.2) is 0 Å². The molecule has 124 valence electrons. The highest BCUT2D eigenvalue weighted by Gasteiger charge is 2.15. The van der Waals surface area contributed by atoms with Crippen LogP contribution < -0.4 is 5.32 Å². The lowest BCUT2D eigenvalue weighted by atomic mass is 10.1. The second-order valence-corrected chi connectivity index (χ2v) is 5.96. The van der Waals surface area contributed by atoms with Crippen LogP contribution >= 0.6 is 0 Å². The number of pyridine rings is 1. The minimum absolute atomic E-state index is 0.0428. The summed E-state index contributed by atoms with van der Waals surface area (Å²) in [5.74, 6) is -0.432. The molecule has 2 aromatic heterocycles. The Morgan fingerprint density at radius 3 is 2.92 bits per heavy atom. The summed E-state index contributed by atoms with van der Waals surface area (Å²) in [5.41, 5.74) is 3.50. The SMILES string of the molecule is CCc1ccc2ncc(C(=O)Nc3ccc4cc[nH]c4c3)c(O)c2c1. The summed E-state index contributed by atoms with van der Waals surface area (Å²) in [6, 6.07) is 13.3. The summed E-state index contributed by atoms with van der Waals surface area (Å²) in [7, 11) is 0. The molecule has 2 heterocycles. The van der Waals surface area contributed by atoms with Crippen molar-refractivity contribution in [1.29, 1.82) is 0 Å². The zero-order valence-corrected chi connectivity index (χ0v) is 13.7. The van der Waals surface area contributed by atoms with Crippen LogP contribution in [0.15, 0.2) is 54.9 Å². The summed E-state index contributed by atoms with van der Waals surface area (Å²) in [5, 5.41) is 15.0. The van der Waals surface area contributed by atoms with Crippen LogP contribution in [-0.2, 0) is 6.42 Å². The second kappa shape index (κ2) is 5.94. The van der Waals surface area contributed by atoms with E-state index in [1.54, 1.807) is 0 Å². The number of benzene rings is 2. The standard InChI is InChI=1S/C20H17N3O2/c1-2-12-3-6-17-15(9-12)19(24)16(11-22-17)20(25)23-14-5-4-13-7-8-21-18(13)10-14/h3-11,21H,2H2,1H3,(H,22,24)(H,23,25). The molecule has 0 bridgehead atoms. The first-order valence-electron chi connectivity index (χ1n) is 8.15. The summed E-state index contributed by atoms with van der Waals surface area (Å²) < 4.78 is 0. The maximum Gasteiger partial charge on any atom is 0.261 e. The number of anilines is 1. The number of H-pyrrole nitrogens is 1. The number of aromatic amines is 1. The van der Waals surface area contributed by atoms with Gasteiger partial charge in [0.2, 0.25) is 0 Å². The van der Waals surface area contributed by atoms with Gasteiger partial charge in [-0.25, -0.2) is 0 Å². The van der Waals surface area contributed by atoms with Gasteiger partial charge in [0.25, 0.3) is 5.91 Å². The highest BCUT2D eigenvalue weighted by Crippen LogP contribution is 2.29. The normalized spacial score (nSPS) is 11.1. The van der Waals surface area contributed by atoms with Gasteiger partial charge < -0.3 is 15.4 Å². The zero-order chi connectivity index (χ0) is 17.4. The number of rotatable bonds is 3. The molecule has 4 rings (SSSR count). The molecule has 3 N–H and O–H groups in total. The average Bonchev–Trinajstić information content (AvgIpc) is 3.09. The summed E-state index contributed by atoms with van der Waals surface area (Å²) >= 11 is 0. The number of amides is 1. The van der Waals surface area contributed by atoms with Gasteiger partial charge in [-0.15, -0.1) is 0 Å². The third-order valence-corrected chi connectivity index (χ3v) is 4.37. The molecule has 0 radical (unpaired) electrons. The van der Waals surface area contributed by atoms with E-state index in [0.29, 0.717) is 16.6 Å². The molecule has 2 aromatic carbocycles. The Morgan fingerprint density at radius 1 is 1.20 bits per heavy atom. The molecule has 0 aliphatic carbocycles. The molecule has 0 atom stereocenters. The number of fused-ring (bicyclic) bond motifs is 2. The molecule has 5 nitrogen and oxygen atoms in total. The first-order valence-corrected chi connectivity index (χ1v) is 8.15. The van der Waals surface area contributed by atoms with Crippen LogP contribution in [0, 0.1) is 0 Å². The maximum absolute atomic E-state index is 12.6. The lowest BCUT2D eigenvalue weighted by Gasteiger charge is -2.09. The van der Waals surface area contributed by atoms with E-state index in [0.717, 1.165) is 22.9 Å². The van der Waals surface area contributed by atoms with Crippen molar-refractivity contribution in [1.82, 2.24) is 9.97 Å². The van der Waals surface area contributed by atoms with Crippen molar-refractivity contribution in [2.75, 3.05) is 5.32 Å². The summed E-state index contributed by atoms with van der Waals surface area (Å²) in [6.07, 6.45) is 4.11. The minimum Gasteiger partial charge on any atom is -0.506 e. The monoisotopic (exact) mass is 331 g/mol. The Balaban J connectivity index is 1.70. The smallest absolute Gasteiger partial charge is 0.261 e. The van der Waals surface area contributed by atoms with Gasteiger partial charge in [-0.05, 0) is 47.7 Å². The molecule has 0 saturated carbocycles. The third-order valence-electron chi connectivity index (χ3n) is 4.37. The van der Waals surface area contributed by atoms with Gasteiger partial charge in [0, 0.05) is 29.0 Å². The molecule has 0 aliphatic heterocycles. The quantitative estimate of drug-likeness (QED) is 0.525. The Bertz CT molecular complexity index is 1100. The molecule has 4 aromatic rings. The van der Waals surface area contributed by atoms with E-state index < -0.39 is 0 Å². The van der Waals surface area contributed by atoms with Gasteiger partial charge >= 0.3 is 0 Å². The maximum atomic E-state index is 12.6. The number of aryl methyl sites for hydroxylation is 1. The molecular weight excluding hydrogens is 314 g/mol. The molecule has 0 spiro atoms. The van der Waals surface area contributed by atoms with Crippen LogP contribution in [0.4, 0.5) is 5.69 Å². The highest BCUT2D eigenvalue weighted by molar-refractivity contribution is 6.09. The van der Waals surface area contributed by atoms with E-state index in [2.05, 4.69) is 15.3 Å². The second-order valence-electron chi connectivity index (χ2n) is 5.96. The van der Waals surface area contributed by atoms with Crippen molar-refractivity contribution in [3.63, 3.8) is 0 Å². The number of carbonyl (C=O) groups is 1. The number of hydrogen-bond acceptors (Lipinski definition) is 3. The number of nitrogens with zero attached hydrogens (tertiary/aromatic N) is 1. The zero-order valence-electron chi connectivity index (χ0n) is 13.7. The fourth-order valence-electron chi connectivity index (χ4n) is 2.94. The molecule has 0 aliphatic rings. The number of aromatic nitrogens is 2. The van der Waals surface area contributed by atoms with E-state index in [1.165, 1.54) is 6.20 Å². The van der Waals surface area contributed by atoms with Gasteiger partial charge in [-0.2, -0.15) is 0 Å². The molecule has 0 fully saturated rings. The lowest BCUT2D eigenvalue weighted by Crippen LogP contribution is -2.12. The van der Waals surface area contributed by atoms with Gasteiger partial charge in [0.1, 0.15) is 11.3 Å². The molecule has 5 heteroatoms. The minimum atomic E-state index is -0.389. The Kier molecular flexibility index (Phi) is 3.61. The molecule has 0 unspecified atom stereocenters. The van der Waals surface area contributed by atoms with Crippen LogP contribution in [0.2, 0.25) is 0 Å². The number of aromatic hydroxyl groups is 1. The average molecular weight is 331 g/mol. The summed E-state index contributed by atoms with van der Waals surface area (Å²) in [6.45, 7) is 2.04. The van der Waals surface area contributed by atoms with Gasteiger partial charge in [0.05, 0.1) is 5.52 Å². The van der Waals surface area contributed by atoms with Crippen LogP contribution in [0.5, 0.6) is 5.75 Å². The molecular formula is C20H17N3O2. The lowest BCUT2D eigenvalue weighted by molar-refractivity contribution is 0.102. The van der Waals surface area contributed by atoms with Crippen molar-refractivity contribution in [3.05, 3.63) is 66.0 Å². The number of hydrogen-bond donors (Lipinski definition) is 3. The van der Waals surface area contributed by atoms with E-state index in [4.69, 9.17) is 0 Å². The molecule has 25 heavy (non-hydrogen) atoms. The van der Waals surface area contributed by atoms with Crippen LogP contribution in [0.25, 0.3) is 21.8 Å². The van der Waals surface area contributed by atoms with E-state index in [9.17, 15) is 9.90 Å². The van der Waals surface area contributed by atoms with E-state index >= 15 is 0 Å². The van der Waals surface area contributed by atoms with E-state index in [-0.39, 0.29) is 17.2 Å². The predicted octanol–water partition coefficient (Wildman–Crippen LogP) is 4.24. The first-order chi connectivity index (χ1) is 12.2. The van der Waals surface area contributed by atoms with Crippen LogP contribution in [0.3, 0.4) is 0 Å². The van der Waals surface area contributed by atoms with Crippen molar-refractivity contribution in [2.45, 2.75) is 13.3 Å². The topological polar surface area (TPSA) is 78.0 Å². The van der Waals surface area contributed by atoms with Crippen molar-refractivity contribution < 1.29 is 9.90 Å². The van der Waals surface area contributed by atoms with E-state index in [1.807, 2.05) is 55.6 Å². The predicted molar refractivity (Wildman–Crippen MR) is 99.0 cm³/mol. The van der Waals surface area contributed by atoms with Gasteiger partial charge in [-0.3, -0.25) is 9.78 Å². The fraction of sp³-hybridized carbons (Fsp3) is 0.100. The summed E-state index contributed by atoms with van der Waals surface area (Å²) in [4.78, 5) is 20.0. The molecule has 1 amide bonds. The van der Waals surface area contributed by atoms with Crippen molar-refractivity contribution in [3.8, 4) is 5.75 Å². The number of carbonyl (C=O) groups excluding carboxylic acids is 1. The molecule has 0 saturated heterocycles. The van der Waals surface area contributed by atoms with Crippen LogP contribution in [0.1, 0.15) is 22.8 Å². The Labute approximate surface area is 144 Å². The highest BCUT2D eigenvalue weighted by atomic mass is 16.3. The Morgan fingerprint density at radius 2 is 2.08 bits per heavy atom. The largest absolute Gasteiger partial charge is 0.506 e. The van der Waals surface area contributed by atoms with Crippen molar-refractivity contribution in [2.24, 2.45) is 0 Å².